The van der Waals surface area contributed by atoms with Crippen LogP contribution in [0.25, 0.3) is 10.7 Å². The van der Waals surface area contributed by atoms with Gasteiger partial charge in [0.05, 0.1) is 10.4 Å². The molecule has 2 aliphatic rings. The Hall–Kier alpha value is -1.79. The van der Waals surface area contributed by atoms with Gasteiger partial charge in [0.1, 0.15) is 0 Å². The van der Waals surface area contributed by atoms with E-state index in [-0.39, 0.29) is 5.91 Å². The Morgan fingerprint density at radius 2 is 1.85 bits per heavy atom. The van der Waals surface area contributed by atoms with Gasteiger partial charge in [0.2, 0.25) is 0 Å². The lowest BCUT2D eigenvalue weighted by Gasteiger charge is -2.38. The van der Waals surface area contributed by atoms with Crippen LogP contribution < -0.4 is 0 Å². The molecule has 2 aromatic rings. The van der Waals surface area contributed by atoms with Crippen molar-refractivity contribution in [3.63, 3.8) is 0 Å². The molecule has 5 nitrogen and oxygen atoms in total. The van der Waals surface area contributed by atoms with Crippen LogP contribution in [-0.4, -0.2) is 57.9 Å². The Balaban J connectivity index is 1.34. The zero-order valence-corrected chi connectivity index (χ0v) is 16.1. The number of hydrogen-bond acceptors (Lipinski definition) is 5. The van der Waals surface area contributed by atoms with Gasteiger partial charge in [-0.3, -0.25) is 4.79 Å². The van der Waals surface area contributed by atoms with Crippen LogP contribution in [0.15, 0.2) is 29.9 Å². The molecule has 2 saturated heterocycles. The van der Waals surface area contributed by atoms with Crippen LogP contribution in [0.2, 0.25) is 0 Å². The summed E-state index contributed by atoms with van der Waals surface area (Å²) in [6.45, 7) is 6.54. The second-order valence-corrected chi connectivity index (χ2v) is 8.33. The predicted molar refractivity (Wildman–Crippen MR) is 104 cm³/mol. The molecule has 2 aliphatic heterocycles. The molecule has 0 saturated carbocycles. The summed E-state index contributed by atoms with van der Waals surface area (Å²) in [5.74, 6) is 1.46. The molecular formula is C20H26N4OS. The van der Waals surface area contributed by atoms with E-state index in [0.29, 0.717) is 23.3 Å². The number of likely N-dealkylation sites (tertiary alicyclic amines) is 2. The van der Waals surface area contributed by atoms with E-state index in [4.69, 9.17) is 0 Å². The molecule has 1 amide bonds. The topological polar surface area (TPSA) is 49.3 Å². The van der Waals surface area contributed by atoms with E-state index in [0.717, 1.165) is 30.8 Å². The number of nitrogens with zero attached hydrogens (tertiary/aromatic N) is 4. The molecule has 0 bridgehead atoms. The van der Waals surface area contributed by atoms with Crippen LogP contribution in [0.3, 0.4) is 0 Å². The summed E-state index contributed by atoms with van der Waals surface area (Å²) >= 11 is 1.61. The number of carbonyl (C=O) groups excluding carboxylic acids is 1. The molecule has 4 rings (SSSR count). The summed E-state index contributed by atoms with van der Waals surface area (Å²) in [5.41, 5.74) is 0.594. The predicted octanol–water partition coefficient (Wildman–Crippen LogP) is 3.54. The third-order valence-electron chi connectivity index (χ3n) is 5.87. The second-order valence-electron chi connectivity index (χ2n) is 7.39. The van der Waals surface area contributed by atoms with Gasteiger partial charge in [0, 0.05) is 31.5 Å². The van der Waals surface area contributed by atoms with Crippen molar-refractivity contribution in [2.75, 3.05) is 26.2 Å². The Morgan fingerprint density at radius 3 is 2.46 bits per heavy atom. The SMILES string of the molecule is CC(C1CCN(C(=O)c2cnc(-c3cccs3)nc2)CC1)N1CCCC1. The zero-order valence-electron chi connectivity index (χ0n) is 15.3. The minimum absolute atomic E-state index is 0.0648. The fourth-order valence-corrected chi connectivity index (χ4v) is 4.86. The average Bonchev–Trinajstić information content (AvgIpc) is 3.41. The summed E-state index contributed by atoms with van der Waals surface area (Å²) in [7, 11) is 0. The van der Waals surface area contributed by atoms with E-state index in [1.165, 1.54) is 25.9 Å². The summed E-state index contributed by atoms with van der Waals surface area (Å²) < 4.78 is 0. The first-order chi connectivity index (χ1) is 12.7. The minimum Gasteiger partial charge on any atom is -0.339 e. The summed E-state index contributed by atoms with van der Waals surface area (Å²) in [5, 5.41) is 2.01. The summed E-state index contributed by atoms with van der Waals surface area (Å²) in [6.07, 6.45) is 8.20. The van der Waals surface area contributed by atoms with Crippen LogP contribution in [-0.2, 0) is 0 Å². The lowest BCUT2D eigenvalue weighted by Crippen LogP contribution is -2.45. The van der Waals surface area contributed by atoms with Crippen LogP contribution in [0.1, 0.15) is 43.0 Å². The fraction of sp³-hybridized carbons (Fsp3) is 0.550. The highest BCUT2D eigenvalue weighted by Gasteiger charge is 2.30. The van der Waals surface area contributed by atoms with Crippen molar-refractivity contribution >= 4 is 17.2 Å². The Morgan fingerprint density at radius 1 is 1.15 bits per heavy atom. The van der Waals surface area contributed by atoms with Crippen molar-refractivity contribution in [1.29, 1.82) is 0 Å². The standard InChI is InChI=1S/C20H26N4OS/c1-15(23-8-2-3-9-23)16-6-10-24(11-7-16)20(25)17-13-21-19(22-14-17)18-5-4-12-26-18/h4-5,12-16H,2-3,6-11H2,1H3. The van der Waals surface area contributed by atoms with Crippen molar-refractivity contribution in [2.45, 2.75) is 38.6 Å². The summed E-state index contributed by atoms with van der Waals surface area (Å²) in [6, 6.07) is 4.62. The maximum atomic E-state index is 12.8. The van der Waals surface area contributed by atoms with Gasteiger partial charge in [-0.15, -0.1) is 11.3 Å². The van der Waals surface area contributed by atoms with Crippen molar-refractivity contribution in [1.82, 2.24) is 19.8 Å². The van der Waals surface area contributed by atoms with E-state index in [1.54, 1.807) is 23.7 Å². The molecule has 2 fully saturated rings. The van der Waals surface area contributed by atoms with Gasteiger partial charge in [0.25, 0.3) is 5.91 Å². The van der Waals surface area contributed by atoms with E-state index in [9.17, 15) is 4.79 Å². The van der Waals surface area contributed by atoms with Gasteiger partial charge in [-0.05, 0) is 63.1 Å². The van der Waals surface area contributed by atoms with E-state index in [1.807, 2.05) is 22.4 Å². The van der Waals surface area contributed by atoms with Crippen LogP contribution in [0.4, 0.5) is 0 Å². The molecule has 0 radical (unpaired) electrons. The Bertz CT molecular complexity index is 717. The van der Waals surface area contributed by atoms with E-state index in [2.05, 4.69) is 21.8 Å². The smallest absolute Gasteiger partial charge is 0.256 e. The fourth-order valence-electron chi connectivity index (χ4n) is 4.19. The molecule has 0 N–H and O–H groups in total. The van der Waals surface area contributed by atoms with E-state index >= 15 is 0 Å². The molecule has 1 atom stereocenters. The van der Waals surface area contributed by atoms with E-state index < -0.39 is 0 Å². The molecule has 2 aromatic heterocycles. The maximum Gasteiger partial charge on any atom is 0.256 e. The highest BCUT2D eigenvalue weighted by Crippen LogP contribution is 2.27. The van der Waals surface area contributed by atoms with Crippen molar-refractivity contribution in [3.05, 3.63) is 35.5 Å². The van der Waals surface area contributed by atoms with Gasteiger partial charge in [-0.1, -0.05) is 6.07 Å². The van der Waals surface area contributed by atoms with Crippen molar-refractivity contribution in [3.8, 4) is 10.7 Å². The minimum atomic E-state index is 0.0648. The number of piperidine rings is 1. The van der Waals surface area contributed by atoms with Crippen LogP contribution in [0.5, 0.6) is 0 Å². The summed E-state index contributed by atoms with van der Waals surface area (Å²) in [4.78, 5) is 27.1. The first-order valence-electron chi connectivity index (χ1n) is 9.61. The molecule has 138 valence electrons. The van der Waals surface area contributed by atoms with Gasteiger partial charge in [0.15, 0.2) is 5.82 Å². The number of rotatable bonds is 4. The van der Waals surface area contributed by atoms with Crippen LogP contribution in [0, 0.1) is 5.92 Å². The van der Waals surface area contributed by atoms with Crippen molar-refractivity contribution < 1.29 is 4.79 Å². The number of amides is 1. The number of aromatic nitrogens is 2. The normalized spacial score (nSPS) is 20.4. The molecule has 4 heterocycles. The Kier molecular flexibility index (Phi) is 5.31. The molecule has 0 aromatic carbocycles. The Labute approximate surface area is 159 Å². The highest BCUT2D eigenvalue weighted by molar-refractivity contribution is 7.13. The van der Waals surface area contributed by atoms with Gasteiger partial charge >= 0.3 is 0 Å². The van der Waals surface area contributed by atoms with Crippen molar-refractivity contribution in [2.24, 2.45) is 5.92 Å². The number of carbonyl (C=O) groups is 1. The third kappa shape index (κ3) is 3.67. The average molecular weight is 371 g/mol. The number of thiophene rings is 1. The van der Waals surface area contributed by atoms with Gasteiger partial charge in [-0.25, -0.2) is 9.97 Å². The van der Waals surface area contributed by atoms with Crippen LogP contribution >= 0.6 is 11.3 Å². The molecule has 6 heteroatoms. The molecular weight excluding hydrogens is 344 g/mol. The first kappa shape index (κ1) is 17.6. The molecule has 1 unspecified atom stereocenters. The quantitative estimate of drug-likeness (QED) is 0.826. The van der Waals surface area contributed by atoms with Gasteiger partial charge < -0.3 is 9.80 Å². The molecule has 26 heavy (non-hydrogen) atoms. The molecule has 0 spiro atoms. The monoisotopic (exact) mass is 370 g/mol. The largest absolute Gasteiger partial charge is 0.339 e. The lowest BCUT2D eigenvalue weighted by molar-refractivity contribution is 0.0623. The van der Waals surface area contributed by atoms with Gasteiger partial charge in [-0.2, -0.15) is 0 Å². The third-order valence-corrected chi connectivity index (χ3v) is 6.73. The second kappa shape index (κ2) is 7.84. The molecule has 0 aliphatic carbocycles. The lowest BCUT2D eigenvalue weighted by atomic mass is 9.89. The first-order valence-corrected chi connectivity index (χ1v) is 10.5. The maximum absolute atomic E-state index is 12.8. The highest BCUT2D eigenvalue weighted by atomic mass is 32.1. The number of hydrogen-bond donors (Lipinski definition) is 0. The zero-order chi connectivity index (χ0) is 17.9.